The zero-order valence-electron chi connectivity index (χ0n) is 18.6. The number of aryl methyl sites for hydroxylation is 1. The maximum absolute atomic E-state index is 13.7. The predicted octanol–water partition coefficient (Wildman–Crippen LogP) is 6.22. The van der Waals surface area contributed by atoms with Gasteiger partial charge in [0, 0.05) is 13.6 Å². The topological polar surface area (TPSA) is 59.3 Å². The first-order chi connectivity index (χ1) is 16.1. The molecular formula is C22H22BrF5N4O2. The number of oxime groups is 1. The Morgan fingerprint density at radius 2 is 1.68 bits per heavy atom. The monoisotopic (exact) mass is 548 g/mol. The molecule has 1 saturated carbocycles. The summed E-state index contributed by atoms with van der Waals surface area (Å²) in [4.78, 5) is 15.4. The van der Waals surface area contributed by atoms with Crippen molar-refractivity contribution in [2.75, 3.05) is 13.6 Å². The van der Waals surface area contributed by atoms with E-state index in [4.69, 9.17) is 4.74 Å². The lowest BCUT2D eigenvalue weighted by atomic mass is 9.96. The molecule has 0 atom stereocenters. The molecule has 0 unspecified atom stereocenters. The van der Waals surface area contributed by atoms with Crippen molar-refractivity contribution in [3.63, 3.8) is 0 Å². The van der Waals surface area contributed by atoms with Gasteiger partial charge < -0.3 is 14.5 Å². The Morgan fingerprint density at radius 3 is 2.26 bits per heavy atom. The fraction of sp³-hybridized carbons (Fsp3) is 0.409. The fourth-order valence-corrected chi connectivity index (χ4v) is 3.47. The van der Waals surface area contributed by atoms with Crippen LogP contribution < -0.4 is 9.57 Å². The predicted molar refractivity (Wildman–Crippen MR) is 120 cm³/mol. The minimum absolute atomic E-state index is 0.211. The van der Waals surface area contributed by atoms with Crippen molar-refractivity contribution < 1.29 is 31.5 Å². The van der Waals surface area contributed by atoms with Gasteiger partial charge in [-0.1, -0.05) is 5.16 Å². The Balaban J connectivity index is 1.62. The van der Waals surface area contributed by atoms with Crippen molar-refractivity contribution in [2.24, 2.45) is 10.1 Å². The molecule has 34 heavy (non-hydrogen) atoms. The first kappa shape index (κ1) is 25.9. The molecule has 2 aromatic rings. The Labute approximate surface area is 201 Å². The maximum Gasteiger partial charge on any atom is 0.235 e. The molecule has 0 aliphatic heterocycles. The molecule has 0 saturated heterocycles. The lowest BCUT2D eigenvalue weighted by molar-refractivity contribution is 0.168. The number of hydrogen-bond donors (Lipinski definition) is 0. The zero-order valence-corrected chi connectivity index (χ0v) is 20.2. The molecule has 1 fully saturated rings. The standard InChI is InChI=1S/C22H22BrF5N4O2/c1-4-32(3)10-29-15-9-14(23)22(30-11(15)2)33-13-7-5-12(6-8-13)31-34-21-19(27)17(25)16(24)18(26)20(21)28/h9-10,13H,4-8H2,1-3H3/b29-10+,31-12?. The van der Waals surface area contributed by atoms with Gasteiger partial charge in [0.05, 0.1) is 27.9 Å². The molecule has 12 heteroatoms. The van der Waals surface area contributed by atoms with Gasteiger partial charge in [0.25, 0.3) is 0 Å². The highest BCUT2D eigenvalue weighted by atomic mass is 79.9. The molecule has 0 N–H and O–H groups in total. The van der Waals surface area contributed by atoms with Crippen molar-refractivity contribution >= 4 is 33.7 Å². The molecule has 6 nitrogen and oxygen atoms in total. The number of nitrogens with zero attached hydrogens (tertiary/aromatic N) is 4. The first-order valence-electron chi connectivity index (χ1n) is 10.4. The summed E-state index contributed by atoms with van der Waals surface area (Å²) in [6.07, 6.45) is 3.19. The van der Waals surface area contributed by atoms with E-state index in [0.717, 1.165) is 6.54 Å². The van der Waals surface area contributed by atoms with Gasteiger partial charge in [-0.3, -0.25) is 0 Å². The third-order valence-electron chi connectivity index (χ3n) is 5.22. The smallest absolute Gasteiger partial charge is 0.235 e. The molecule has 1 aliphatic carbocycles. The van der Waals surface area contributed by atoms with Gasteiger partial charge in [0.2, 0.25) is 40.7 Å². The Morgan fingerprint density at radius 1 is 1.09 bits per heavy atom. The van der Waals surface area contributed by atoms with Gasteiger partial charge in [0.15, 0.2) is 0 Å². The van der Waals surface area contributed by atoms with Crippen LogP contribution in [-0.4, -0.2) is 41.6 Å². The van der Waals surface area contributed by atoms with E-state index in [-0.39, 0.29) is 6.10 Å². The van der Waals surface area contributed by atoms with E-state index in [1.165, 1.54) is 0 Å². The molecule has 184 valence electrons. The number of rotatable bonds is 7. The van der Waals surface area contributed by atoms with Gasteiger partial charge in [-0.05, 0) is 61.5 Å². The highest BCUT2D eigenvalue weighted by Crippen LogP contribution is 2.33. The third-order valence-corrected chi connectivity index (χ3v) is 5.79. The first-order valence-corrected chi connectivity index (χ1v) is 11.2. The summed E-state index contributed by atoms with van der Waals surface area (Å²) in [7, 11) is 1.91. The van der Waals surface area contributed by atoms with Gasteiger partial charge in [-0.15, -0.1) is 0 Å². The second-order valence-corrected chi connectivity index (χ2v) is 8.52. The van der Waals surface area contributed by atoms with Crippen LogP contribution in [0.4, 0.5) is 27.6 Å². The number of hydrogen-bond acceptors (Lipinski definition) is 5. The summed E-state index contributed by atoms with van der Waals surface area (Å²) >= 11 is 3.45. The van der Waals surface area contributed by atoms with E-state index in [9.17, 15) is 22.0 Å². The van der Waals surface area contributed by atoms with Crippen molar-refractivity contribution in [1.82, 2.24) is 9.88 Å². The van der Waals surface area contributed by atoms with E-state index in [1.54, 1.807) is 6.34 Å². The lowest BCUT2D eigenvalue weighted by Gasteiger charge is -2.24. The van der Waals surface area contributed by atoms with Crippen molar-refractivity contribution in [3.8, 4) is 11.6 Å². The summed E-state index contributed by atoms with van der Waals surface area (Å²) in [5.41, 5.74) is 1.80. The molecule has 1 aliphatic rings. The van der Waals surface area contributed by atoms with Gasteiger partial charge >= 0.3 is 0 Å². The number of halogens is 6. The number of aliphatic imine (C=N–C) groups is 1. The average Bonchev–Trinajstić information content (AvgIpc) is 2.83. The number of aromatic nitrogens is 1. The van der Waals surface area contributed by atoms with Crippen molar-refractivity contribution in [3.05, 3.63) is 45.3 Å². The Bertz CT molecular complexity index is 1090. The summed E-state index contributed by atoms with van der Waals surface area (Å²) in [5, 5.41) is 3.59. The van der Waals surface area contributed by atoms with Crippen LogP contribution in [0.15, 0.2) is 20.7 Å². The molecule has 1 heterocycles. The second kappa shape index (κ2) is 11.1. The fourth-order valence-electron chi connectivity index (χ4n) is 3.07. The zero-order chi connectivity index (χ0) is 25.0. The normalized spacial score (nSPS) is 16.1. The average molecular weight is 549 g/mol. The minimum Gasteiger partial charge on any atom is -0.474 e. The van der Waals surface area contributed by atoms with Crippen LogP contribution in [0.3, 0.4) is 0 Å². The Kier molecular flexibility index (Phi) is 8.45. The highest BCUT2D eigenvalue weighted by molar-refractivity contribution is 9.10. The number of benzene rings is 1. The molecule has 3 rings (SSSR count). The van der Waals surface area contributed by atoms with Crippen LogP contribution >= 0.6 is 15.9 Å². The van der Waals surface area contributed by atoms with E-state index in [2.05, 4.69) is 35.9 Å². The van der Waals surface area contributed by atoms with Crippen molar-refractivity contribution in [1.29, 1.82) is 0 Å². The van der Waals surface area contributed by atoms with Gasteiger partial charge in [-0.25, -0.2) is 23.1 Å². The van der Waals surface area contributed by atoms with E-state index < -0.39 is 34.8 Å². The summed E-state index contributed by atoms with van der Waals surface area (Å²) < 4.78 is 73.7. The van der Waals surface area contributed by atoms with E-state index >= 15 is 0 Å². The maximum atomic E-state index is 13.7. The van der Waals surface area contributed by atoms with E-state index in [0.29, 0.717) is 53.1 Å². The minimum atomic E-state index is -2.25. The van der Waals surface area contributed by atoms with Gasteiger partial charge in [-0.2, -0.15) is 8.78 Å². The van der Waals surface area contributed by atoms with E-state index in [1.807, 2.05) is 31.9 Å². The molecule has 0 bridgehead atoms. The molecule has 0 radical (unpaired) electrons. The molecule has 0 spiro atoms. The van der Waals surface area contributed by atoms with Crippen LogP contribution in [0.2, 0.25) is 0 Å². The number of pyridine rings is 1. The summed E-state index contributed by atoms with van der Waals surface area (Å²) in [6.45, 7) is 4.65. The SMILES string of the molecule is CCN(C)/C=N/c1cc(Br)c(OC2CCC(=NOc3c(F)c(F)c(F)c(F)c3F)CC2)nc1C. The van der Waals surface area contributed by atoms with Crippen molar-refractivity contribution in [2.45, 2.75) is 45.6 Å². The molecular weight excluding hydrogens is 527 g/mol. The molecule has 0 amide bonds. The van der Waals surface area contributed by atoms with Crippen LogP contribution in [0.1, 0.15) is 38.3 Å². The van der Waals surface area contributed by atoms with Crippen LogP contribution in [-0.2, 0) is 0 Å². The largest absolute Gasteiger partial charge is 0.474 e. The second-order valence-electron chi connectivity index (χ2n) is 7.66. The molecule has 1 aromatic heterocycles. The van der Waals surface area contributed by atoms with Crippen LogP contribution in [0.5, 0.6) is 11.6 Å². The van der Waals surface area contributed by atoms with Crippen LogP contribution in [0, 0.1) is 36.0 Å². The highest BCUT2D eigenvalue weighted by Gasteiger charge is 2.28. The molecule has 1 aromatic carbocycles. The Hall–Kier alpha value is -2.76. The summed E-state index contributed by atoms with van der Waals surface area (Å²) in [6, 6.07) is 1.81. The van der Waals surface area contributed by atoms with Crippen LogP contribution in [0.25, 0.3) is 0 Å². The quantitative estimate of drug-likeness (QED) is 0.103. The third kappa shape index (κ3) is 5.83. The van der Waals surface area contributed by atoms with Gasteiger partial charge in [0.1, 0.15) is 6.10 Å². The lowest BCUT2D eigenvalue weighted by Crippen LogP contribution is -2.25. The summed E-state index contributed by atoms with van der Waals surface area (Å²) in [5.74, 6) is -11.6. The number of ether oxygens (including phenoxy) is 1.